The Labute approximate surface area is 146 Å². The van der Waals surface area contributed by atoms with Crippen molar-refractivity contribution in [3.05, 3.63) is 22.2 Å². The summed E-state index contributed by atoms with van der Waals surface area (Å²) in [4.78, 5) is 42.3. The van der Waals surface area contributed by atoms with Crippen molar-refractivity contribution in [2.45, 2.75) is 31.5 Å². The summed E-state index contributed by atoms with van der Waals surface area (Å²) in [6.07, 6.45) is -4.63. The Balaban J connectivity index is 2.13. The summed E-state index contributed by atoms with van der Waals surface area (Å²) in [7, 11) is -9.47. The van der Waals surface area contributed by atoms with Crippen LogP contribution in [0.4, 0.5) is 5.82 Å². The van der Waals surface area contributed by atoms with E-state index in [1.807, 2.05) is 0 Å². The van der Waals surface area contributed by atoms with E-state index in [-0.39, 0.29) is 5.82 Å². The van der Waals surface area contributed by atoms with E-state index in [1.54, 1.807) is 6.92 Å². The van der Waals surface area contributed by atoms with Crippen molar-refractivity contribution >= 4 is 21.0 Å². The molecule has 0 spiro atoms. The minimum absolute atomic E-state index is 0.0159. The van der Waals surface area contributed by atoms with Gasteiger partial charge in [0.15, 0.2) is 12.1 Å². The highest BCUT2D eigenvalue weighted by molar-refractivity contribution is 7.70. The predicted octanol–water partition coefficient (Wildman–Crippen LogP) is -1.91. The third kappa shape index (κ3) is 4.97. The Kier molecular flexibility index (Phi) is 6.08. The van der Waals surface area contributed by atoms with Crippen LogP contribution in [0, 0.1) is 6.92 Å². The Hall–Kier alpha value is -1.14. The molecule has 148 valence electrons. The molecule has 15 heteroatoms. The molecule has 1 aliphatic rings. The van der Waals surface area contributed by atoms with Gasteiger partial charge in [0, 0.05) is 11.8 Å². The van der Waals surface area contributed by atoms with Gasteiger partial charge in [0.05, 0.1) is 6.61 Å². The van der Waals surface area contributed by atoms with Crippen LogP contribution in [-0.4, -0.2) is 65.3 Å². The van der Waals surface area contributed by atoms with Gasteiger partial charge in [-0.25, -0.2) is 4.79 Å². The van der Waals surface area contributed by atoms with Gasteiger partial charge >= 0.3 is 20.9 Å². The second-order valence-electron chi connectivity index (χ2n) is 5.78. The lowest BCUT2D eigenvalue weighted by atomic mass is 10.1. The number of nitrogen functional groups attached to an aromatic ring is 1. The molecule has 0 saturated carbocycles. The summed E-state index contributed by atoms with van der Waals surface area (Å²) in [5, 5.41) is 20.1. The first kappa shape index (κ1) is 21.2. The van der Waals surface area contributed by atoms with Crippen LogP contribution in [0.3, 0.4) is 0 Å². The van der Waals surface area contributed by atoms with Gasteiger partial charge in [0.2, 0.25) is 0 Å². The highest BCUT2D eigenvalue weighted by Gasteiger charge is 2.45. The van der Waals surface area contributed by atoms with Gasteiger partial charge < -0.3 is 39.9 Å². The van der Waals surface area contributed by atoms with E-state index in [9.17, 15) is 29.0 Å². The fraction of sp³-hybridized carbons (Fsp3) is 0.636. The van der Waals surface area contributed by atoms with Crippen LogP contribution in [0.1, 0.15) is 11.8 Å². The van der Waals surface area contributed by atoms with Gasteiger partial charge in [-0.15, -0.1) is 0 Å². The zero-order chi connectivity index (χ0) is 19.9. The van der Waals surface area contributed by atoms with E-state index >= 15 is 0 Å². The van der Waals surface area contributed by atoms with Crippen LogP contribution in [0.2, 0.25) is 0 Å². The molecule has 1 saturated heterocycles. The molecular weight excluding hydrogens is 396 g/mol. The fourth-order valence-corrected chi connectivity index (χ4v) is 4.89. The minimum Gasteiger partial charge on any atom is -0.387 e. The summed E-state index contributed by atoms with van der Waals surface area (Å²) in [5.41, 5.74) is 5.07. The maximum atomic E-state index is 11.9. The van der Waals surface area contributed by atoms with Gasteiger partial charge in [0.1, 0.15) is 24.1 Å². The summed E-state index contributed by atoms with van der Waals surface area (Å²) >= 11 is 0. The SMILES string of the molecule is Cc1cn([C@@H]2O[C@H](COP(=O)(O)CP(=O)(O)O)[C@@H](O)[C@H]2O)c(=O)nc1N. The average Bonchev–Trinajstić information content (AvgIpc) is 2.75. The van der Waals surface area contributed by atoms with Crippen molar-refractivity contribution < 1.29 is 43.3 Å². The number of ether oxygens (including phenoxy) is 1. The Bertz CT molecular complexity index is 823. The molecule has 2 rings (SSSR count). The van der Waals surface area contributed by atoms with Crippen molar-refractivity contribution in [2.24, 2.45) is 0 Å². The van der Waals surface area contributed by atoms with Crippen molar-refractivity contribution in [1.29, 1.82) is 0 Å². The first-order chi connectivity index (χ1) is 11.8. The van der Waals surface area contributed by atoms with Crippen molar-refractivity contribution in [1.82, 2.24) is 9.55 Å². The van der Waals surface area contributed by atoms with Crippen LogP contribution in [0.25, 0.3) is 0 Å². The van der Waals surface area contributed by atoms with E-state index in [2.05, 4.69) is 9.51 Å². The number of hydrogen-bond acceptors (Lipinski definition) is 9. The lowest BCUT2D eigenvalue weighted by molar-refractivity contribution is -0.0524. The lowest BCUT2D eigenvalue weighted by Crippen LogP contribution is -2.36. The van der Waals surface area contributed by atoms with Crippen molar-refractivity contribution in [3.8, 4) is 0 Å². The minimum atomic E-state index is -4.81. The summed E-state index contributed by atoms with van der Waals surface area (Å²) < 4.78 is 33.2. The quantitative estimate of drug-likeness (QED) is 0.281. The number of aliphatic hydroxyl groups excluding tert-OH is 2. The van der Waals surface area contributed by atoms with Crippen LogP contribution in [0.15, 0.2) is 11.0 Å². The van der Waals surface area contributed by atoms with Gasteiger partial charge in [-0.2, -0.15) is 4.98 Å². The summed E-state index contributed by atoms with van der Waals surface area (Å²) in [6, 6.07) is 0. The van der Waals surface area contributed by atoms with E-state index in [0.717, 1.165) is 4.57 Å². The molecule has 1 aliphatic heterocycles. The molecule has 1 aromatic heterocycles. The molecule has 0 bridgehead atoms. The third-order valence-electron chi connectivity index (χ3n) is 3.59. The zero-order valence-electron chi connectivity index (χ0n) is 13.4. The molecule has 0 radical (unpaired) electrons. The molecule has 2 heterocycles. The molecule has 26 heavy (non-hydrogen) atoms. The molecule has 13 nitrogen and oxygen atoms in total. The maximum Gasteiger partial charge on any atom is 0.351 e. The monoisotopic (exact) mass is 415 g/mol. The third-order valence-corrected chi connectivity index (χ3v) is 7.04. The Morgan fingerprint density at radius 3 is 2.50 bits per heavy atom. The highest BCUT2D eigenvalue weighted by atomic mass is 31.2. The van der Waals surface area contributed by atoms with Crippen LogP contribution < -0.4 is 11.4 Å². The lowest BCUT2D eigenvalue weighted by Gasteiger charge is -2.18. The number of nitrogens with zero attached hydrogens (tertiary/aromatic N) is 2. The number of nitrogens with two attached hydrogens (primary N) is 1. The molecule has 0 aliphatic carbocycles. The fourth-order valence-electron chi connectivity index (χ4n) is 2.32. The largest absolute Gasteiger partial charge is 0.387 e. The molecule has 1 unspecified atom stereocenters. The smallest absolute Gasteiger partial charge is 0.351 e. The molecule has 0 aromatic carbocycles. The number of aryl methyl sites for hydroxylation is 1. The van der Waals surface area contributed by atoms with Gasteiger partial charge in [-0.05, 0) is 6.92 Å². The number of aliphatic hydroxyl groups is 2. The van der Waals surface area contributed by atoms with Crippen LogP contribution >= 0.6 is 15.2 Å². The van der Waals surface area contributed by atoms with Crippen molar-refractivity contribution in [3.63, 3.8) is 0 Å². The second kappa shape index (κ2) is 7.47. The molecule has 1 fully saturated rings. The van der Waals surface area contributed by atoms with Crippen LogP contribution in [-0.2, 0) is 18.4 Å². The topological polar surface area (TPSA) is 215 Å². The number of aromatic nitrogens is 2. The first-order valence-electron chi connectivity index (χ1n) is 7.18. The second-order valence-corrected chi connectivity index (χ2v) is 9.78. The standard InChI is InChI=1S/C11H19N3O10P2/c1-5-2-14(11(17)13-9(5)12)10-8(16)7(15)6(24-10)3-23-26(21,22)4-25(18,19)20/h2,6-8,10,15-16H,3-4H2,1H3,(H,21,22)(H2,12,13,17)(H2,18,19,20)/t6-,7-,8-,10-/m1/s1. The van der Waals surface area contributed by atoms with Gasteiger partial charge in [-0.3, -0.25) is 13.7 Å². The molecule has 5 atom stereocenters. The van der Waals surface area contributed by atoms with Crippen molar-refractivity contribution in [2.75, 3.05) is 18.2 Å². The van der Waals surface area contributed by atoms with E-state index in [1.165, 1.54) is 6.20 Å². The molecule has 0 amide bonds. The normalized spacial score (nSPS) is 28.8. The number of hydrogen-bond donors (Lipinski definition) is 6. The van der Waals surface area contributed by atoms with E-state index < -0.39 is 57.9 Å². The molecule has 1 aromatic rings. The molecule has 7 N–H and O–H groups in total. The number of anilines is 1. The van der Waals surface area contributed by atoms with Crippen LogP contribution in [0.5, 0.6) is 0 Å². The van der Waals surface area contributed by atoms with Gasteiger partial charge in [-0.1, -0.05) is 0 Å². The van der Waals surface area contributed by atoms with E-state index in [4.69, 9.17) is 20.3 Å². The maximum absolute atomic E-state index is 11.9. The predicted molar refractivity (Wildman–Crippen MR) is 86.3 cm³/mol. The Morgan fingerprint density at radius 1 is 1.31 bits per heavy atom. The zero-order valence-corrected chi connectivity index (χ0v) is 15.2. The molecular formula is C11H19N3O10P2. The summed E-state index contributed by atoms with van der Waals surface area (Å²) in [6.45, 7) is 0.805. The average molecular weight is 415 g/mol. The van der Waals surface area contributed by atoms with Gasteiger partial charge in [0.25, 0.3) is 0 Å². The summed E-state index contributed by atoms with van der Waals surface area (Å²) in [5.74, 6) is -1.42. The van der Waals surface area contributed by atoms with E-state index in [0.29, 0.717) is 5.56 Å². The number of rotatable bonds is 6. The Morgan fingerprint density at radius 2 is 1.92 bits per heavy atom. The highest BCUT2D eigenvalue weighted by Crippen LogP contribution is 2.55. The first-order valence-corrected chi connectivity index (χ1v) is 10.7.